The van der Waals surface area contributed by atoms with Crippen LogP contribution in [0.2, 0.25) is 10.0 Å². The Bertz CT molecular complexity index is 1290. The fraction of sp³-hybridized carbons (Fsp3) is 0.250. The lowest BCUT2D eigenvalue weighted by Crippen LogP contribution is -2.35. The highest BCUT2D eigenvalue weighted by Crippen LogP contribution is 2.38. The Hall–Kier alpha value is -3.01. The van der Waals surface area contributed by atoms with Gasteiger partial charge in [0.15, 0.2) is 17.3 Å². The number of aryl methyl sites for hydroxylation is 1. The Morgan fingerprint density at radius 3 is 2.60 bits per heavy atom. The Balaban J connectivity index is 1.50. The van der Waals surface area contributed by atoms with E-state index >= 15 is 0 Å². The Morgan fingerprint density at radius 2 is 1.86 bits per heavy atom. The normalized spacial score (nSPS) is 16.3. The molecule has 0 fully saturated rings. The van der Waals surface area contributed by atoms with E-state index in [0.717, 1.165) is 5.56 Å². The van der Waals surface area contributed by atoms with E-state index < -0.39 is 5.91 Å². The number of ether oxygens (including phenoxy) is 3. The van der Waals surface area contributed by atoms with Crippen molar-refractivity contribution in [1.29, 1.82) is 5.41 Å². The van der Waals surface area contributed by atoms with Crippen LogP contribution in [-0.2, 0) is 4.79 Å². The van der Waals surface area contributed by atoms with Gasteiger partial charge in [0, 0.05) is 5.02 Å². The van der Waals surface area contributed by atoms with Gasteiger partial charge in [0.05, 0.1) is 22.2 Å². The van der Waals surface area contributed by atoms with E-state index in [0.29, 0.717) is 49.7 Å². The van der Waals surface area contributed by atoms with Gasteiger partial charge in [-0.3, -0.25) is 10.2 Å². The second kappa shape index (κ2) is 10.7. The molecule has 0 atom stereocenters. The number of carbonyl (C=O) groups excluding carboxylic acids is 1. The van der Waals surface area contributed by atoms with Gasteiger partial charge in [0.25, 0.3) is 5.91 Å². The third-order valence-corrected chi connectivity index (χ3v) is 6.45. The molecule has 0 radical (unpaired) electrons. The first-order valence-electron chi connectivity index (χ1n) is 10.7. The van der Waals surface area contributed by atoms with Crippen molar-refractivity contribution in [3.05, 3.63) is 57.1 Å². The van der Waals surface area contributed by atoms with Gasteiger partial charge in [-0.2, -0.15) is 15.1 Å². The zero-order valence-corrected chi connectivity index (χ0v) is 21.6. The largest absolute Gasteiger partial charge is 0.490 e. The molecule has 35 heavy (non-hydrogen) atoms. The maximum atomic E-state index is 12.6. The highest BCUT2D eigenvalue weighted by Gasteiger charge is 2.34. The van der Waals surface area contributed by atoms with Gasteiger partial charge in [0.1, 0.15) is 19.0 Å². The molecule has 2 aliphatic heterocycles. The van der Waals surface area contributed by atoms with Crippen LogP contribution in [0.1, 0.15) is 25.0 Å². The number of hydrogen-bond donors (Lipinski definition) is 1. The summed E-state index contributed by atoms with van der Waals surface area (Å²) < 4.78 is 17.3. The average molecular weight is 533 g/mol. The predicted octanol–water partition coefficient (Wildman–Crippen LogP) is 5.80. The molecule has 0 spiro atoms. The lowest BCUT2D eigenvalue weighted by Gasteiger charge is -2.20. The average Bonchev–Trinajstić information content (AvgIpc) is 3.18. The van der Waals surface area contributed by atoms with Crippen molar-refractivity contribution in [2.24, 2.45) is 10.1 Å². The van der Waals surface area contributed by atoms with E-state index in [1.165, 1.54) is 16.8 Å². The second-order valence-electron chi connectivity index (χ2n) is 7.51. The number of fused-ring (bicyclic) bond motifs is 1. The minimum Gasteiger partial charge on any atom is -0.490 e. The van der Waals surface area contributed by atoms with Crippen LogP contribution in [0.25, 0.3) is 6.08 Å². The molecule has 0 bridgehead atoms. The van der Waals surface area contributed by atoms with Crippen molar-refractivity contribution in [2.45, 2.75) is 20.8 Å². The molecule has 0 aliphatic carbocycles. The summed E-state index contributed by atoms with van der Waals surface area (Å²) in [4.78, 5) is 16.6. The molecule has 0 saturated carbocycles. The first kappa shape index (κ1) is 25.1. The number of rotatable bonds is 8. The van der Waals surface area contributed by atoms with E-state index in [1.54, 1.807) is 37.3 Å². The Kier molecular flexibility index (Phi) is 7.69. The van der Waals surface area contributed by atoms with Crippen LogP contribution in [0.5, 0.6) is 17.2 Å². The van der Waals surface area contributed by atoms with E-state index in [9.17, 15) is 4.79 Å². The summed E-state index contributed by atoms with van der Waals surface area (Å²) in [6.07, 6.45) is 1.54. The molecule has 2 heterocycles. The number of amides is 1. The lowest BCUT2D eigenvalue weighted by atomic mass is 10.1. The van der Waals surface area contributed by atoms with Crippen molar-refractivity contribution in [2.75, 3.05) is 19.8 Å². The number of benzene rings is 2. The van der Waals surface area contributed by atoms with Gasteiger partial charge in [-0.05, 0) is 80.1 Å². The molecule has 2 aromatic carbocycles. The van der Waals surface area contributed by atoms with Crippen LogP contribution in [0.4, 0.5) is 0 Å². The zero-order valence-electron chi connectivity index (χ0n) is 19.2. The van der Waals surface area contributed by atoms with Gasteiger partial charge in [-0.15, -0.1) is 0 Å². The number of nitrogens with zero attached hydrogens (tertiary/aromatic N) is 3. The van der Waals surface area contributed by atoms with Crippen molar-refractivity contribution < 1.29 is 19.0 Å². The van der Waals surface area contributed by atoms with Crippen LogP contribution in [0, 0.1) is 12.3 Å². The summed E-state index contributed by atoms with van der Waals surface area (Å²) in [5.74, 6) is 0.915. The third-order valence-electron chi connectivity index (χ3n) is 4.93. The highest BCUT2D eigenvalue weighted by molar-refractivity contribution is 8.26. The topological polar surface area (TPSA) is 96.6 Å². The maximum Gasteiger partial charge on any atom is 0.283 e. The molecule has 0 saturated heterocycles. The number of hydrogen-bond acceptors (Lipinski definition) is 7. The lowest BCUT2D eigenvalue weighted by molar-refractivity contribution is -0.114. The number of thioether (sulfide) groups is 1. The van der Waals surface area contributed by atoms with Crippen LogP contribution in [-0.4, -0.2) is 46.8 Å². The summed E-state index contributed by atoms with van der Waals surface area (Å²) in [6.45, 7) is 6.44. The zero-order chi connectivity index (χ0) is 25.1. The minimum atomic E-state index is -0.511. The van der Waals surface area contributed by atoms with Gasteiger partial charge >= 0.3 is 0 Å². The van der Waals surface area contributed by atoms with Crippen molar-refractivity contribution in [3.8, 4) is 17.2 Å². The minimum absolute atomic E-state index is 0.0478. The van der Waals surface area contributed by atoms with Crippen molar-refractivity contribution >= 4 is 63.0 Å². The summed E-state index contributed by atoms with van der Waals surface area (Å²) >= 11 is 13.8. The van der Waals surface area contributed by atoms with Crippen LogP contribution >= 0.6 is 35.0 Å². The molecular weight excluding hydrogens is 511 g/mol. The monoisotopic (exact) mass is 532 g/mol. The fourth-order valence-electron chi connectivity index (χ4n) is 3.34. The van der Waals surface area contributed by atoms with Gasteiger partial charge in [0.2, 0.25) is 5.17 Å². The van der Waals surface area contributed by atoms with Gasteiger partial charge < -0.3 is 14.2 Å². The second-order valence-corrected chi connectivity index (χ2v) is 9.48. The molecule has 11 heteroatoms. The third kappa shape index (κ3) is 5.63. The van der Waals surface area contributed by atoms with E-state index in [4.69, 9.17) is 42.8 Å². The highest BCUT2D eigenvalue weighted by atomic mass is 35.5. The van der Waals surface area contributed by atoms with Crippen molar-refractivity contribution in [3.63, 3.8) is 0 Å². The molecule has 0 aromatic heterocycles. The molecule has 182 valence electrons. The fourth-order valence-corrected chi connectivity index (χ4v) is 4.46. The summed E-state index contributed by atoms with van der Waals surface area (Å²) in [6, 6.07) is 8.77. The number of nitrogens with one attached hydrogen (secondary N) is 1. The van der Waals surface area contributed by atoms with Gasteiger partial charge in [-0.1, -0.05) is 23.2 Å². The molecule has 4 rings (SSSR count). The number of amidine groups is 2. The first-order chi connectivity index (χ1) is 16.8. The molecule has 1 N–H and O–H groups in total. The summed E-state index contributed by atoms with van der Waals surface area (Å²) in [7, 11) is 0. The maximum absolute atomic E-state index is 12.6. The van der Waals surface area contributed by atoms with Crippen LogP contribution in [0.15, 0.2) is 46.0 Å². The van der Waals surface area contributed by atoms with Gasteiger partial charge in [-0.25, -0.2) is 0 Å². The number of hydrazone groups is 1. The number of aliphatic imine (C=N–C) groups is 1. The van der Waals surface area contributed by atoms with E-state index in [-0.39, 0.29) is 24.6 Å². The van der Waals surface area contributed by atoms with Crippen molar-refractivity contribution in [1.82, 2.24) is 5.01 Å². The Morgan fingerprint density at radius 1 is 1.09 bits per heavy atom. The smallest absolute Gasteiger partial charge is 0.283 e. The number of carbonyl (C=O) groups is 1. The summed E-state index contributed by atoms with van der Waals surface area (Å²) in [5, 5.41) is 16.1. The van der Waals surface area contributed by atoms with E-state index in [2.05, 4.69) is 10.1 Å². The molecule has 8 nitrogen and oxygen atoms in total. The molecular formula is C24H22Cl2N4O4S. The van der Waals surface area contributed by atoms with Crippen LogP contribution < -0.4 is 14.2 Å². The SMILES string of the molecule is CCOc1cc(/C=C2/C(=N)N3N=C(C)SC3=NC2=O)cc(Cl)c1OCCOc1ccc(Cl)c(C)c1. The van der Waals surface area contributed by atoms with E-state index in [1.807, 2.05) is 19.9 Å². The molecule has 1 amide bonds. The first-order valence-corrected chi connectivity index (χ1v) is 12.3. The molecule has 0 unspecified atom stereocenters. The Labute approximate surface area is 217 Å². The quantitative estimate of drug-likeness (QED) is 0.341. The standard InChI is InChI=1S/C24H22Cl2N4O4S/c1-4-32-20-12-15(10-17-22(27)30-24(28-23(17)31)35-14(3)29-30)11-19(26)21(20)34-8-7-33-16-5-6-18(25)13(2)9-16/h5-6,9-12,27H,4,7-8H2,1-3H3/b17-10-,27-22?. The molecule has 2 aromatic rings. The summed E-state index contributed by atoms with van der Waals surface area (Å²) in [5.41, 5.74) is 1.60. The molecule has 2 aliphatic rings. The van der Waals surface area contributed by atoms with Crippen LogP contribution in [0.3, 0.4) is 0 Å². The predicted molar refractivity (Wildman–Crippen MR) is 140 cm³/mol. The number of halogens is 2.